The third kappa shape index (κ3) is 3.37. The zero-order chi connectivity index (χ0) is 23.4. The van der Waals surface area contributed by atoms with Gasteiger partial charge in [0.2, 0.25) is 11.8 Å². The van der Waals surface area contributed by atoms with Gasteiger partial charge in [-0.15, -0.1) is 0 Å². The lowest BCUT2D eigenvalue weighted by Gasteiger charge is -2.41. The van der Waals surface area contributed by atoms with Gasteiger partial charge in [-0.05, 0) is 74.5 Å². The normalized spacial score (nSPS) is 19.8. The quantitative estimate of drug-likeness (QED) is 0.420. The topological polar surface area (TPSA) is 49.4 Å². The molecule has 2 amide bonds. The lowest BCUT2D eigenvalue weighted by molar-refractivity contribution is -0.128. The van der Waals surface area contributed by atoms with E-state index in [4.69, 9.17) is 0 Å². The molecule has 4 aromatic carbocycles. The third-order valence-corrected chi connectivity index (χ3v) is 7.76. The summed E-state index contributed by atoms with van der Waals surface area (Å²) in [5.41, 5.74) is 4.96. The van der Waals surface area contributed by atoms with Crippen LogP contribution in [0, 0.1) is 5.41 Å². The summed E-state index contributed by atoms with van der Waals surface area (Å²) in [6, 6.07) is 26.0. The molecule has 0 spiro atoms. The molecule has 6 rings (SSSR count). The summed E-state index contributed by atoms with van der Waals surface area (Å²) >= 11 is 0. The van der Waals surface area contributed by atoms with Crippen molar-refractivity contribution in [3.05, 3.63) is 89.5 Å². The first-order chi connectivity index (χ1) is 16.4. The number of benzene rings is 4. The maximum Gasteiger partial charge on any atom is 0.246 e. The molecule has 1 saturated heterocycles. The van der Waals surface area contributed by atoms with Crippen molar-refractivity contribution in [3.8, 4) is 0 Å². The first kappa shape index (κ1) is 20.9. The van der Waals surface area contributed by atoms with Crippen molar-refractivity contribution in [2.75, 3.05) is 18.0 Å². The number of nitrogens with zero attached hydrogens (tertiary/aromatic N) is 1. The fraction of sp³-hybridized carbons (Fsp3) is 0.267. The average Bonchev–Trinajstić information content (AvgIpc) is 2.84. The first-order valence-corrected chi connectivity index (χ1v) is 12.0. The summed E-state index contributed by atoms with van der Waals surface area (Å²) in [4.78, 5) is 26.0. The molecule has 2 aliphatic rings. The first-order valence-electron chi connectivity index (χ1n) is 12.0. The van der Waals surface area contributed by atoms with Crippen LogP contribution in [0.2, 0.25) is 0 Å². The monoisotopic (exact) mass is 448 g/mol. The molecule has 0 aromatic heterocycles. The molecule has 170 valence electrons. The van der Waals surface area contributed by atoms with Crippen LogP contribution in [0.4, 0.5) is 5.69 Å². The van der Waals surface area contributed by atoms with Crippen LogP contribution in [-0.4, -0.2) is 24.9 Å². The molecule has 1 N–H and O–H groups in total. The van der Waals surface area contributed by atoms with Gasteiger partial charge in [0.25, 0.3) is 0 Å². The Bertz CT molecular complexity index is 1470. The summed E-state index contributed by atoms with van der Waals surface area (Å²) in [5, 5.41) is 7.91. The van der Waals surface area contributed by atoms with E-state index in [1.165, 1.54) is 38.2 Å². The van der Waals surface area contributed by atoms with Crippen LogP contribution in [0.1, 0.15) is 36.5 Å². The number of carbonyl (C=O) groups excluding carboxylic acids is 2. The number of hydrogen-bond acceptors (Lipinski definition) is 2. The van der Waals surface area contributed by atoms with E-state index in [0.717, 1.165) is 18.5 Å². The molecule has 4 aromatic rings. The number of fused-ring (bicyclic) bond motifs is 5. The van der Waals surface area contributed by atoms with Crippen LogP contribution in [0.15, 0.2) is 72.8 Å². The van der Waals surface area contributed by atoms with Gasteiger partial charge in [0.15, 0.2) is 0 Å². The van der Waals surface area contributed by atoms with E-state index in [0.29, 0.717) is 5.92 Å². The zero-order valence-electron chi connectivity index (χ0n) is 19.6. The Morgan fingerprint density at radius 2 is 1.71 bits per heavy atom. The van der Waals surface area contributed by atoms with E-state index in [2.05, 4.69) is 79.8 Å². The van der Waals surface area contributed by atoms with E-state index < -0.39 is 0 Å². The van der Waals surface area contributed by atoms with E-state index in [1.54, 1.807) is 4.90 Å². The SMILES string of the molecule is CC1(C)Cc2c(ccc3c2ccc2ccccc23)CC1c1cccc(N2CC(=O)NCC2=O)c1. The van der Waals surface area contributed by atoms with Crippen LogP contribution >= 0.6 is 0 Å². The number of rotatable bonds is 2. The fourth-order valence-corrected chi connectivity index (χ4v) is 5.94. The summed E-state index contributed by atoms with van der Waals surface area (Å²) in [6.07, 6.45) is 1.96. The number of piperazine rings is 1. The van der Waals surface area contributed by atoms with E-state index >= 15 is 0 Å². The molecule has 1 heterocycles. The van der Waals surface area contributed by atoms with Gasteiger partial charge in [-0.3, -0.25) is 9.59 Å². The van der Waals surface area contributed by atoms with Gasteiger partial charge in [-0.25, -0.2) is 0 Å². The Kier molecular flexibility index (Phi) is 4.73. The molecule has 1 aliphatic carbocycles. The Morgan fingerprint density at radius 3 is 2.59 bits per heavy atom. The van der Waals surface area contributed by atoms with Gasteiger partial charge in [-0.2, -0.15) is 0 Å². The van der Waals surface area contributed by atoms with Crippen molar-refractivity contribution in [1.82, 2.24) is 5.32 Å². The van der Waals surface area contributed by atoms with E-state index in [1.807, 2.05) is 12.1 Å². The summed E-state index contributed by atoms with van der Waals surface area (Å²) in [7, 11) is 0. The van der Waals surface area contributed by atoms with Crippen molar-refractivity contribution >= 4 is 39.0 Å². The molecule has 0 saturated carbocycles. The van der Waals surface area contributed by atoms with Crippen molar-refractivity contribution < 1.29 is 9.59 Å². The Labute approximate surface area is 199 Å². The Balaban J connectivity index is 1.40. The molecule has 4 heteroatoms. The predicted octanol–water partition coefficient (Wildman–Crippen LogP) is 5.36. The molecule has 1 atom stereocenters. The molecule has 4 nitrogen and oxygen atoms in total. The molecule has 1 fully saturated rings. The van der Waals surface area contributed by atoms with Crippen LogP contribution in [-0.2, 0) is 22.4 Å². The summed E-state index contributed by atoms with van der Waals surface area (Å²) < 4.78 is 0. The number of hydrogen-bond donors (Lipinski definition) is 1. The molecule has 0 radical (unpaired) electrons. The number of carbonyl (C=O) groups is 2. The van der Waals surface area contributed by atoms with Crippen molar-refractivity contribution in [2.45, 2.75) is 32.6 Å². The van der Waals surface area contributed by atoms with Crippen LogP contribution in [0.25, 0.3) is 21.5 Å². The van der Waals surface area contributed by atoms with Gasteiger partial charge in [0.05, 0.1) is 6.54 Å². The second-order valence-electron chi connectivity index (χ2n) is 10.4. The molecular weight excluding hydrogens is 420 g/mol. The maximum atomic E-state index is 12.4. The fourth-order valence-electron chi connectivity index (χ4n) is 5.94. The lowest BCUT2D eigenvalue weighted by Crippen LogP contribution is -2.51. The van der Waals surface area contributed by atoms with Crippen LogP contribution in [0.5, 0.6) is 0 Å². The van der Waals surface area contributed by atoms with Crippen molar-refractivity contribution in [1.29, 1.82) is 0 Å². The van der Waals surface area contributed by atoms with Gasteiger partial charge in [-0.1, -0.05) is 74.5 Å². The molecule has 0 bridgehead atoms. The minimum absolute atomic E-state index is 0.0504. The second-order valence-corrected chi connectivity index (χ2v) is 10.4. The van der Waals surface area contributed by atoms with Crippen molar-refractivity contribution in [2.24, 2.45) is 5.41 Å². The number of nitrogens with one attached hydrogen (secondary N) is 1. The molecular formula is C30H28N2O2. The lowest BCUT2D eigenvalue weighted by atomic mass is 9.63. The standard InChI is InChI=1S/C30H28N2O2/c1-30(2)16-26-20(11-13-24-23-9-4-3-6-19(23)10-12-25(24)26)15-27(30)21-7-5-8-22(14-21)32-18-28(33)31-17-29(32)34/h3-14,27H,15-18H2,1-2H3,(H,31,33). The molecule has 1 aliphatic heterocycles. The smallest absolute Gasteiger partial charge is 0.246 e. The zero-order valence-corrected chi connectivity index (χ0v) is 19.6. The Morgan fingerprint density at radius 1 is 0.882 bits per heavy atom. The van der Waals surface area contributed by atoms with Gasteiger partial charge < -0.3 is 10.2 Å². The highest BCUT2D eigenvalue weighted by atomic mass is 16.2. The van der Waals surface area contributed by atoms with Gasteiger partial charge in [0.1, 0.15) is 6.54 Å². The minimum Gasteiger partial charge on any atom is -0.345 e. The number of anilines is 1. The van der Waals surface area contributed by atoms with Crippen LogP contribution in [0.3, 0.4) is 0 Å². The van der Waals surface area contributed by atoms with Gasteiger partial charge in [0, 0.05) is 5.69 Å². The highest BCUT2D eigenvalue weighted by molar-refractivity contribution is 6.09. The molecule has 1 unspecified atom stereocenters. The number of amides is 2. The van der Waals surface area contributed by atoms with Crippen molar-refractivity contribution in [3.63, 3.8) is 0 Å². The molecule has 34 heavy (non-hydrogen) atoms. The highest BCUT2D eigenvalue weighted by Gasteiger charge is 2.37. The highest BCUT2D eigenvalue weighted by Crippen LogP contribution is 2.48. The van der Waals surface area contributed by atoms with E-state index in [9.17, 15) is 9.59 Å². The predicted molar refractivity (Wildman–Crippen MR) is 137 cm³/mol. The minimum atomic E-state index is -0.115. The van der Waals surface area contributed by atoms with Crippen LogP contribution < -0.4 is 10.2 Å². The third-order valence-electron chi connectivity index (χ3n) is 7.76. The maximum absolute atomic E-state index is 12.4. The van der Waals surface area contributed by atoms with Gasteiger partial charge >= 0.3 is 0 Å². The summed E-state index contributed by atoms with van der Waals surface area (Å²) in [5.74, 6) is 0.145. The summed E-state index contributed by atoms with van der Waals surface area (Å²) in [6.45, 7) is 4.85. The average molecular weight is 449 g/mol. The Hall–Kier alpha value is -3.66. The second kappa shape index (κ2) is 7.69. The largest absolute Gasteiger partial charge is 0.345 e. The van der Waals surface area contributed by atoms with E-state index in [-0.39, 0.29) is 30.3 Å².